The molecule has 0 saturated carbocycles. The largest absolute Gasteiger partial charge is 0.346 e. The van der Waals surface area contributed by atoms with Crippen LogP contribution in [0.1, 0.15) is 13.8 Å². The van der Waals surface area contributed by atoms with E-state index in [0.717, 1.165) is 13.1 Å². The zero-order chi connectivity index (χ0) is 16.4. The number of para-hydroxylation sites is 2. The molecule has 1 aliphatic heterocycles. The van der Waals surface area contributed by atoms with Gasteiger partial charge < -0.3 is 9.80 Å². The molecular weight excluding hydrogens is 304 g/mol. The molecule has 0 bridgehead atoms. The van der Waals surface area contributed by atoms with E-state index >= 15 is 0 Å². The number of fused-ring (bicyclic) bond motifs is 2. The van der Waals surface area contributed by atoms with Crippen molar-refractivity contribution in [3.05, 3.63) is 48.5 Å². The molecule has 0 spiro atoms. The zero-order valence-corrected chi connectivity index (χ0v) is 14.6. The summed E-state index contributed by atoms with van der Waals surface area (Å²) < 4.78 is 0. The first-order valence-electron chi connectivity index (χ1n) is 7.91. The number of carbonyl (C=O) groups excluding carboxylic acids is 1. The van der Waals surface area contributed by atoms with Gasteiger partial charge in [-0.1, -0.05) is 43.0 Å². The fourth-order valence-corrected chi connectivity index (χ4v) is 4.04. The second-order valence-corrected chi connectivity index (χ2v) is 7.24. The van der Waals surface area contributed by atoms with E-state index in [1.807, 2.05) is 18.8 Å². The predicted molar refractivity (Wildman–Crippen MR) is 96.5 cm³/mol. The van der Waals surface area contributed by atoms with Crippen molar-refractivity contribution in [1.82, 2.24) is 4.90 Å². The number of nitrogens with zero attached hydrogens (tertiary/aromatic N) is 2. The smallest absolute Gasteiger partial charge is 0.219 e. The highest BCUT2D eigenvalue weighted by molar-refractivity contribution is 7.99. The van der Waals surface area contributed by atoms with Crippen molar-refractivity contribution in [3.63, 3.8) is 0 Å². The Labute approximate surface area is 142 Å². The minimum absolute atomic E-state index is 0.117. The van der Waals surface area contributed by atoms with E-state index in [1.54, 1.807) is 11.8 Å². The summed E-state index contributed by atoms with van der Waals surface area (Å²) in [5, 5.41) is 0. The number of amides is 1. The highest BCUT2D eigenvalue weighted by atomic mass is 32.2. The van der Waals surface area contributed by atoms with Gasteiger partial charge in [-0.2, -0.15) is 0 Å². The third kappa shape index (κ3) is 3.37. The van der Waals surface area contributed by atoms with Gasteiger partial charge in [-0.15, -0.1) is 0 Å². The molecule has 0 saturated heterocycles. The highest BCUT2D eigenvalue weighted by Gasteiger charge is 2.24. The number of hydrogen-bond acceptors (Lipinski definition) is 3. The fraction of sp³-hybridized carbons (Fsp3) is 0.316. The zero-order valence-electron chi connectivity index (χ0n) is 13.8. The van der Waals surface area contributed by atoms with Crippen molar-refractivity contribution in [2.45, 2.75) is 23.6 Å². The molecule has 3 nitrogen and oxygen atoms in total. The lowest BCUT2D eigenvalue weighted by atomic mass is 10.1. The summed E-state index contributed by atoms with van der Waals surface area (Å²) in [6, 6.07) is 17.1. The molecular formula is C19H22N2OS. The van der Waals surface area contributed by atoms with Crippen molar-refractivity contribution in [3.8, 4) is 0 Å². The monoisotopic (exact) mass is 326 g/mol. The van der Waals surface area contributed by atoms with Crippen LogP contribution in [-0.4, -0.2) is 30.9 Å². The molecule has 2 aromatic rings. The summed E-state index contributed by atoms with van der Waals surface area (Å²) in [4.78, 5) is 18.2. The topological polar surface area (TPSA) is 23.6 Å². The van der Waals surface area contributed by atoms with Crippen LogP contribution in [0.3, 0.4) is 0 Å². The Morgan fingerprint density at radius 2 is 1.61 bits per heavy atom. The van der Waals surface area contributed by atoms with Gasteiger partial charge in [-0.3, -0.25) is 4.79 Å². The summed E-state index contributed by atoms with van der Waals surface area (Å²) >= 11 is 1.83. The van der Waals surface area contributed by atoms with Crippen LogP contribution in [0.2, 0.25) is 0 Å². The lowest BCUT2D eigenvalue weighted by Crippen LogP contribution is -2.35. The molecule has 1 atom stereocenters. The van der Waals surface area contributed by atoms with Gasteiger partial charge in [0.25, 0.3) is 0 Å². The standard InChI is InChI=1S/C19H22N2OS/c1-14(12-20(3)15(2)22)13-21-16-8-4-6-10-18(16)23-19-11-7-5-9-17(19)21/h4-11,14H,12-13H2,1-3H3. The average Bonchev–Trinajstić information content (AvgIpc) is 2.54. The number of anilines is 2. The molecule has 0 fully saturated rings. The van der Waals surface area contributed by atoms with Crippen molar-refractivity contribution >= 4 is 29.0 Å². The van der Waals surface area contributed by atoms with Gasteiger partial charge in [-0.05, 0) is 30.2 Å². The van der Waals surface area contributed by atoms with Crippen LogP contribution < -0.4 is 4.90 Å². The minimum atomic E-state index is 0.117. The third-order valence-electron chi connectivity index (χ3n) is 4.15. The van der Waals surface area contributed by atoms with E-state index < -0.39 is 0 Å². The second kappa shape index (κ2) is 6.67. The lowest BCUT2D eigenvalue weighted by molar-refractivity contribution is -0.128. The van der Waals surface area contributed by atoms with E-state index in [4.69, 9.17) is 0 Å². The lowest BCUT2D eigenvalue weighted by Gasteiger charge is -2.35. The number of rotatable bonds is 4. The van der Waals surface area contributed by atoms with Crippen LogP contribution in [0.5, 0.6) is 0 Å². The number of carbonyl (C=O) groups is 1. The van der Waals surface area contributed by atoms with E-state index in [-0.39, 0.29) is 5.91 Å². The van der Waals surface area contributed by atoms with Crippen LogP contribution in [0.15, 0.2) is 58.3 Å². The Morgan fingerprint density at radius 3 is 2.13 bits per heavy atom. The quantitative estimate of drug-likeness (QED) is 0.832. The van der Waals surface area contributed by atoms with Crippen molar-refractivity contribution in [2.75, 3.05) is 25.0 Å². The second-order valence-electron chi connectivity index (χ2n) is 6.15. The summed E-state index contributed by atoms with van der Waals surface area (Å²) in [5.41, 5.74) is 2.52. The summed E-state index contributed by atoms with van der Waals surface area (Å²) in [5.74, 6) is 0.500. The van der Waals surface area contributed by atoms with Crippen LogP contribution >= 0.6 is 11.8 Å². The van der Waals surface area contributed by atoms with Gasteiger partial charge >= 0.3 is 0 Å². The fourth-order valence-electron chi connectivity index (χ4n) is 2.94. The van der Waals surface area contributed by atoms with E-state index in [1.165, 1.54) is 21.2 Å². The molecule has 2 aromatic carbocycles. The maximum atomic E-state index is 11.5. The van der Waals surface area contributed by atoms with Crippen LogP contribution in [0.4, 0.5) is 11.4 Å². The Hall–Kier alpha value is -1.94. The van der Waals surface area contributed by atoms with Gasteiger partial charge in [-0.25, -0.2) is 0 Å². The molecule has 0 aromatic heterocycles. The Bertz CT molecular complexity index is 671. The van der Waals surface area contributed by atoms with Crippen LogP contribution in [0, 0.1) is 5.92 Å². The van der Waals surface area contributed by atoms with E-state index in [0.29, 0.717) is 5.92 Å². The van der Waals surface area contributed by atoms with Crippen LogP contribution in [0.25, 0.3) is 0 Å². The maximum absolute atomic E-state index is 11.5. The normalized spacial score (nSPS) is 14.0. The maximum Gasteiger partial charge on any atom is 0.219 e. The van der Waals surface area contributed by atoms with Gasteiger partial charge in [0.1, 0.15) is 0 Å². The SMILES string of the molecule is CC(=O)N(C)CC(C)CN1c2ccccc2Sc2ccccc21. The Morgan fingerprint density at radius 1 is 1.09 bits per heavy atom. The van der Waals surface area contributed by atoms with Gasteiger partial charge in [0.15, 0.2) is 0 Å². The molecule has 0 radical (unpaired) electrons. The average molecular weight is 326 g/mol. The first kappa shape index (κ1) is 15.9. The van der Waals surface area contributed by atoms with Gasteiger partial charge in [0, 0.05) is 36.9 Å². The molecule has 1 unspecified atom stereocenters. The van der Waals surface area contributed by atoms with Crippen molar-refractivity contribution < 1.29 is 4.79 Å². The minimum Gasteiger partial charge on any atom is -0.346 e. The van der Waals surface area contributed by atoms with Gasteiger partial charge in [0.2, 0.25) is 5.91 Å². The molecule has 23 heavy (non-hydrogen) atoms. The Kier molecular flexibility index (Phi) is 4.62. The molecule has 0 N–H and O–H groups in total. The predicted octanol–water partition coefficient (Wildman–Crippen LogP) is 4.40. The first-order chi connectivity index (χ1) is 11.1. The Balaban J connectivity index is 1.88. The summed E-state index contributed by atoms with van der Waals surface area (Å²) in [6.45, 7) is 5.48. The first-order valence-corrected chi connectivity index (χ1v) is 8.73. The van der Waals surface area contributed by atoms with Crippen molar-refractivity contribution in [1.29, 1.82) is 0 Å². The molecule has 3 rings (SSSR count). The molecule has 1 heterocycles. The number of benzene rings is 2. The molecule has 4 heteroatoms. The van der Waals surface area contributed by atoms with Crippen LogP contribution in [-0.2, 0) is 4.79 Å². The summed E-state index contributed by atoms with van der Waals surface area (Å²) in [7, 11) is 1.87. The molecule has 1 amide bonds. The molecule has 120 valence electrons. The number of hydrogen-bond donors (Lipinski definition) is 0. The van der Waals surface area contributed by atoms with E-state index in [9.17, 15) is 4.79 Å². The molecule has 0 aliphatic carbocycles. The summed E-state index contributed by atoms with van der Waals surface area (Å²) in [6.07, 6.45) is 0. The molecule has 1 aliphatic rings. The van der Waals surface area contributed by atoms with Crippen molar-refractivity contribution in [2.24, 2.45) is 5.92 Å². The van der Waals surface area contributed by atoms with Gasteiger partial charge in [0.05, 0.1) is 11.4 Å². The highest BCUT2D eigenvalue weighted by Crippen LogP contribution is 2.47. The van der Waals surface area contributed by atoms with E-state index in [2.05, 4.69) is 60.4 Å². The third-order valence-corrected chi connectivity index (χ3v) is 5.28.